The van der Waals surface area contributed by atoms with E-state index in [9.17, 15) is 9.59 Å². The second kappa shape index (κ2) is 7.57. The number of carbonyl (C=O) groups is 1. The largest absolute Gasteiger partial charge is 0.345 e. The van der Waals surface area contributed by atoms with Gasteiger partial charge in [0.2, 0.25) is 0 Å². The van der Waals surface area contributed by atoms with Gasteiger partial charge in [-0.15, -0.1) is 0 Å². The number of aromatic amines is 1. The molecule has 0 aliphatic heterocycles. The highest BCUT2D eigenvalue weighted by molar-refractivity contribution is 5.94. The molecule has 138 valence electrons. The van der Waals surface area contributed by atoms with Gasteiger partial charge in [-0.3, -0.25) is 14.3 Å². The van der Waals surface area contributed by atoms with Crippen LogP contribution in [0.5, 0.6) is 0 Å². The van der Waals surface area contributed by atoms with Gasteiger partial charge in [0.05, 0.1) is 6.04 Å². The van der Waals surface area contributed by atoms with E-state index in [2.05, 4.69) is 20.4 Å². The summed E-state index contributed by atoms with van der Waals surface area (Å²) < 4.78 is 1.73. The average molecular weight is 363 g/mol. The molecule has 0 saturated carbocycles. The smallest absolute Gasteiger partial charge is 0.261 e. The van der Waals surface area contributed by atoms with Crippen LogP contribution < -0.4 is 10.9 Å². The van der Waals surface area contributed by atoms with Gasteiger partial charge in [0.1, 0.15) is 18.2 Å². The number of rotatable bonds is 6. The third-order valence-electron chi connectivity index (χ3n) is 4.95. The van der Waals surface area contributed by atoms with Crippen molar-refractivity contribution in [2.24, 2.45) is 0 Å². The molecule has 27 heavy (non-hydrogen) atoms. The summed E-state index contributed by atoms with van der Waals surface area (Å²) in [4.78, 5) is 32.0. The van der Waals surface area contributed by atoms with Gasteiger partial charge >= 0.3 is 0 Å². The number of aromatic nitrogens is 4. The van der Waals surface area contributed by atoms with Crippen LogP contribution in [0.4, 0.5) is 0 Å². The zero-order chi connectivity index (χ0) is 18.6. The standard InChI is InChI=1S/C20H21N5O2/c26-19-16(11-15-7-4-8-17(15)23-19)20(27)24-18(14-5-2-1-3-6-14)9-10-25-13-21-12-22-25/h1-3,5-6,11-13,18H,4,7-10H2,(H,23,26)(H,24,27). The Hall–Kier alpha value is -3.22. The first-order valence-electron chi connectivity index (χ1n) is 9.14. The van der Waals surface area contributed by atoms with Gasteiger partial charge in [-0.25, -0.2) is 4.98 Å². The highest BCUT2D eigenvalue weighted by atomic mass is 16.2. The number of hydrogen-bond acceptors (Lipinski definition) is 4. The molecule has 7 nitrogen and oxygen atoms in total. The molecule has 7 heteroatoms. The Morgan fingerprint density at radius 1 is 1.26 bits per heavy atom. The first kappa shape index (κ1) is 17.2. The van der Waals surface area contributed by atoms with Gasteiger partial charge in [0.15, 0.2) is 0 Å². The van der Waals surface area contributed by atoms with Crippen molar-refractivity contribution < 1.29 is 4.79 Å². The van der Waals surface area contributed by atoms with Crippen LogP contribution in [-0.4, -0.2) is 25.7 Å². The molecule has 0 saturated heterocycles. The van der Waals surface area contributed by atoms with E-state index in [4.69, 9.17) is 0 Å². The molecule has 1 aromatic carbocycles. The summed E-state index contributed by atoms with van der Waals surface area (Å²) in [6.45, 7) is 0.611. The summed E-state index contributed by atoms with van der Waals surface area (Å²) >= 11 is 0. The van der Waals surface area contributed by atoms with E-state index in [1.54, 1.807) is 17.1 Å². The molecule has 1 aliphatic rings. The third kappa shape index (κ3) is 3.81. The average Bonchev–Trinajstić information content (AvgIpc) is 3.36. The van der Waals surface area contributed by atoms with Gasteiger partial charge < -0.3 is 10.3 Å². The molecule has 1 amide bonds. The lowest BCUT2D eigenvalue weighted by Crippen LogP contribution is -2.33. The van der Waals surface area contributed by atoms with Crippen LogP contribution in [0.2, 0.25) is 0 Å². The number of carbonyl (C=O) groups excluding carboxylic acids is 1. The van der Waals surface area contributed by atoms with Gasteiger partial charge in [0.25, 0.3) is 11.5 Å². The Morgan fingerprint density at radius 3 is 2.89 bits per heavy atom. The van der Waals surface area contributed by atoms with Crippen LogP contribution in [0.1, 0.15) is 46.1 Å². The van der Waals surface area contributed by atoms with Crippen molar-refractivity contribution in [2.75, 3.05) is 0 Å². The van der Waals surface area contributed by atoms with Crippen LogP contribution in [0, 0.1) is 0 Å². The predicted molar refractivity (Wildman–Crippen MR) is 100 cm³/mol. The van der Waals surface area contributed by atoms with Crippen LogP contribution in [-0.2, 0) is 19.4 Å². The number of H-pyrrole nitrogens is 1. The first-order valence-corrected chi connectivity index (χ1v) is 9.14. The minimum Gasteiger partial charge on any atom is -0.345 e. The molecular weight excluding hydrogens is 342 g/mol. The van der Waals surface area contributed by atoms with Crippen molar-refractivity contribution in [1.29, 1.82) is 0 Å². The van der Waals surface area contributed by atoms with Gasteiger partial charge in [-0.05, 0) is 42.9 Å². The minimum absolute atomic E-state index is 0.178. The van der Waals surface area contributed by atoms with E-state index in [1.807, 2.05) is 30.3 Å². The lowest BCUT2D eigenvalue weighted by Gasteiger charge is -2.19. The fourth-order valence-corrected chi connectivity index (χ4v) is 3.54. The van der Waals surface area contributed by atoms with E-state index in [0.29, 0.717) is 13.0 Å². The monoisotopic (exact) mass is 363 g/mol. The molecule has 1 atom stereocenters. The zero-order valence-electron chi connectivity index (χ0n) is 14.9. The predicted octanol–water partition coefficient (Wildman–Crippen LogP) is 2.02. The van der Waals surface area contributed by atoms with Crippen LogP contribution >= 0.6 is 0 Å². The number of fused-ring (bicyclic) bond motifs is 1. The highest BCUT2D eigenvalue weighted by Gasteiger charge is 2.21. The summed E-state index contributed by atoms with van der Waals surface area (Å²) in [5.74, 6) is -0.349. The van der Waals surface area contributed by atoms with E-state index in [0.717, 1.165) is 36.1 Å². The van der Waals surface area contributed by atoms with E-state index in [-0.39, 0.29) is 23.1 Å². The number of pyridine rings is 1. The number of hydrogen-bond donors (Lipinski definition) is 2. The maximum atomic E-state index is 12.8. The summed E-state index contributed by atoms with van der Waals surface area (Å²) in [7, 11) is 0. The maximum Gasteiger partial charge on any atom is 0.261 e. The molecule has 0 bridgehead atoms. The Balaban J connectivity index is 1.55. The van der Waals surface area contributed by atoms with E-state index >= 15 is 0 Å². The number of nitrogens with zero attached hydrogens (tertiary/aromatic N) is 3. The van der Waals surface area contributed by atoms with Crippen LogP contribution in [0.3, 0.4) is 0 Å². The summed E-state index contributed by atoms with van der Waals surface area (Å²) in [5, 5.41) is 7.13. The maximum absolute atomic E-state index is 12.8. The van der Waals surface area contributed by atoms with Crippen molar-refractivity contribution >= 4 is 5.91 Å². The molecule has 0 fully saturated rings. The molecule has 0 radical (unpaired) electrons. The number of aryl methyl sites for hydroxylation is 3. The van der Waals surface area contributed by atoms with Crippen molar-refractivity contribution in [3.8, 4) is 0 Å². The van der Waals surface area contributed by atoms with E-state index < -0.39 is 0 Å². The molecule has 1 unspecified atom stereocenters. The fraction of sp³-hybridized carbons (Fsp3) is 0.300. The van der Waals surface area contributed by atoms with Crippen LogP contribution in [0.25, 0.3) is 0 Å². The minimum atomic E-state index is -0.349. The number of nitrogens with one attached hydrogen (secondary N) is 2. The molecule has 2 aromatic heterocycles. The lowest BCUT2D eigenvalue weighted by atomic mass is 10.0. The molecular formula is C20H21N5O2. The van der Waals surface area contributed by atoms with E-state index in [1.165, 1.54) is 6.33 Å². The van der Waals surface area contributed by atoms with Gasteiger partial charge in [-0.2, -0.15) is 5.10 Å². The zero-order valence-corrected chi connectivity index (χ0v) is 14.9. The normalized spacial score (nSPS) is 13.9. The second-order valence-corrected chi connectivity index (χ2v) is 6.75. The van der Waals surface area contributed by atoms with Crippen molar-refractivity contribution in [3.63, 3.8) is 0 Å². The molecule has 3 aromatic rings. The quantitative estimate of drug-likeness (QED) is 0.701. The summed E-state index contributed by atoms with van der Waals surface area (Å²) in [5.41, 5.74) is 2.87. The molecule has 2 heterocycles. The number of amides is 1. The van der Waals surface area contributed by atoms with Crippen molar-refractivity contribution in [3.05, 3.63) is 81.8 Å². The molecule has 1 aliphatic carbocycles. The summed E-state index contributed by atoms with van der Waals surface area (Å²) in [6, 6.07) is 11.3. The molecule has 0 spiro atoms. The SMILES string of the molecule is O=C(NC(CCn1cncn1)c1ccccc1)c1cc2c([nH]c1=O)CCC2. The number of benzene rings is 1. The van der Waals surface area contributed by atoms with Gasteiger partial charge in [-0.1, -0.05) is 30.3 Å². The van der Waals surface area contributed by atoms with Gasteiger partial charge in [0, 0.05) is 12.2 Å². The fourth-order valence-electron chi connectivity index (χ4n) is 3.54. The first-order chi connectivity index (χ1) is 13.2. The van der Waals surface area contributed by atoms with Crippen LogP contribution in [0.15, 0.2) is 53.8 Å². The Morgan fingerprint density at radius 2 is 2.11 bits per heavy atom. The van der Waals surface area contributed by atoms with Crippen molar-refractivity contribution in [1.82, 2.24) is 25.1 Å². The molecule has 4 rings (SSSR count). The Kier molecular flexibility index (Phi) is 4.82. The third-order valence-corrected chi connectivity index (χ3v) is 4.95. The molecule has 2 N–H and O–H groups in total. The Labute approximate surface area is 156 Å². The second-order valence-electron chi connectivity index (χ2n) is 6.75. The Bertz CT molecular complexity index is 979. The topological polar surface area (TPSA) is 92.7 Å². The summed E-state index contributed by atoms with van der Waals surface area (Å²) in [6.07, 6.45) is 6.57. The van der Waals surface area contributed by atoms with Crippen molar-refractivity contribution in [2.45, 2.75) is 38.3 Å². The lowest BCUT2D eigenvalue weighted by molar-refractivity contribution is 0.0931. The highest BCUT2D eigenvalue weighted by Crippen LogP contribution is 2.20.